The number of methoxy groups -OCH3 is 1. The maximum Gasteiger partial charge on any atom is 0.236 e. The zero-order valence-electron chi connectivity index (χ0n) is 16.3. The summed E-state index contributed by atoms with van der Waals surface area (Å²) in [4.78, 5) is 19.5. The van der Waals surface area contributed by atoms with E-state index in [-0.39, 0.29) is 10.7 Å². The number of nitrogen functional groups attached to an aromatic ring is 2. The Kier molecular flexibility index (Phi) is 6.66. The van der Waals surface area contributed by atoms with E-state index in [0.29, 0.717) is 23.4 Å². The molecule has 0 aliphatic heterocycles. The molecule has 9 heteroatoms. The van der Waals surface area contributed by atoms with E-state index in [1.165, 1.54) is 13.2 Å². The Morgan fingerprint density at radius 3 is 2.42 bits per heavy atom. The topological polar surface area (TPSA) is 104 Å². The number of fused-ring (bicyclic) bond motifs is 1. The predicted molar refractivity (Wildman–Crippen MR) is 119 cm³/mol. The molecule has 0 fully saturated rings. The molecule has 0 saturated carbocycles. The first-order valence-corrected chi connectivity index (χ1v) is 9.36. The SMILES string of the molecule is COc1ncc(-c2ccc3nc(N)c(C=O)cc3c2)cc1N.Fc1ccc(S)c(F)c1. The number of aromatic nitrogens is 2. The van der Waals surface area contributed by atoms with Crippen molar-refractivity contribution >= 4 is 41.3 Å². The first-order valence-electron chi connectivity index (χ1n) is 8.91. The number of ether oxygens (including phenoxy) is 1. The van der Waals surface area contributed by atoms with E-state index in [2.05, 4.69) is 22.6 Å². The van der Waals surface area contributed by atoms with Crippen LogP contribution in [0.25, 0.3) is 22.0 Å². The maximum atomic E-state index is 12.3. The third kappa shape index (κ3) is 5.07. The van der Waals surface area contributed by atoms with E-state index >= 15 is 0 Å². The Bertz CT molecular complexity index is 1270. The van der Waals surface area contributed by atoms with Gasteiger partial charge < -0.3 is 16.2 Å². The van der Waals surface area contributed by atoms with Gasteiger partial charge in [0.15, 0.2) is 6.29 Å². The normalized spacial score (nSPS) is 10.3. The number of rotatable bonds is 3. The Morgan fingerprint density at radius 1 is 1.03 bits per heavy atom. The van der Waals surface area contributed by atoms with Crippen molar-refractivity contribution in [1.82, 2.24) is 9.97 Å². The Hall–Kier alpha value is -3.72. The number of anilines is 2. The van der Waals surface area contributed by atoms with Crippen molar-refractivity contribution in [3.8, 4) is 17.0 Å². The van der Waals surface area contributed by atoms with Gasteiger partial charge in [-0.15, -0.1) is 12.6 Å². The van der Waals surface area contributed by atoms with Crippen molar-refractivity contribution in [2.45, 2.75) is 4.90 Å². The van der Waals surface area contributed by atoms with Crippen LogP contribution in [-0.4, -0.2) is 23.4 Å². The number of nitrogens with two attached hydrogens (primary N) is 2. The summed E-state index contributed by atoms with van der Waals surface area (Å²) < 4.78 is 29.4. The maximum absolute atomic E-state index is 12.3. The summed E-state index contributed by atoms with van der Waals surface area (Å²) in [5, 5.41) is 0.822. The number of hydrogen-bond donors (Lipinski definition) is 3. The highest BCUT2D eigenvalue weighted by molar-refractivity contribution is 7.80. The van der Waals surface area contributed by atoms with E-state index in [9.17, 15) is 13.6 Å². The van der Waals surface area contributed by atoms with Gasteiger partial charge in [0.2, 0.25) is 5.88 Å². The number of nitrogens with zero attached hydrogens (tertiary/aromatic N) is 2. The fourth-order valence-electron chi connectivity index (χ4n) is 2.76. The number of benzene rings is 2. The van der Waals surface area contributed by atoms with Crippen molar-refractivity contribution < 1.29 is 18.3 Å². The zero-order valence-corrected chi connectivity index (χ0v) is 17.2. The molecule has 0 unspecified atom stereocenters. The van der Waals surface area contributed by atoms with Gasteiger partial charge in [0.05, 0.1) is 23.9 Å². The first-order chi connectivity index (χ1) is 14.8. The molecular weight excluding hydrogens is 422 g/mol. The molecular formula is C22H18F2N4O2S. The Labute approximate surface area is 182 Å². The summed E-state index contributed by atoms with van der Waals surface area (Å²) in [6, 6.07) is 12.4. The van der Waals surface area contributed by atoms with E-state index in [1.54, 1.807) is 18.3 Å². The predicted octanol–water partition coefficient (Wildman–Crippen LogP) is 4.54. The molecule has 0 bridgehead atoms. The molecule has 158 valence electrons. The number of carbonyl (C=O) groups is 1. The van der Waals surface area contributed by atoms with Gasteiger partial charge in [0.25, 0.3) is 0 Å². The van der Waals surface area contributed by atoms with Crippen LogP contribution in [-0.2, 0) is 0 Å². The van der Waals surface area contributed by atoms with Crippen molar-refractivity contribution in [3.05, 3.63) is 71.9 Å². The van der Waals surface area contributed by atoms with Gasteiger partial charge >= 0.3 is 0 Å². The molecule has 0 amide bonds. The van der Waals surface area contributed by atoms with Crippen molar-refractivity contribution in [3.63, 3.8) is 0 Å². The number of halogens is 2. The summed E-state index contributed by atoms with van der Waals surface area (Å²) in [5.41, 5.74) is 14.9. The molecule has 0 atom stereocenters. The minimum absolute atomic E-state index is 0.163. The van der Waals surface area contributed by atoms with Gasteiger partial charge in [-0.2, -0.15) is 0 Å². The van der Waals surface area contributed by atoms with Gasteiger partial charge in [0.1, 0.15) is 17.5 Å². The molecule has 0 radical (unpaired) electrons. The Balaban J connectivity index is 0.000000254. The number of carbonyl (C=O) groups excluding carboxylic acids is 1. The smallest absolute Gasteiger partial charge is 0.236 e. The van der Waals surface area contributed by atoms with Crippen LogP contribution in [0.5, 0.6) is 5.88 Å². The second-order valence-corrected chi connectivity index (χ2v) is 6.89. The monoisotopic (exact) mass is 440 g/mol. The molecule has 31 heavy (non-hydrogen) atoms. The quantitative estimate of drug-likeness (QED) is 0.319. The van der Waals surface area contributed by atoms with Gasteiger partial charge in [-0.25, -0.2) is 18.7 Å². The fraction of sp³-hybridized carbons (Fsp3) is 0.0455. The number of thiol groups is 1. The summed E-state index contributed by atoms with van der Waals surface area (Å²) >= 11 is 3.70. The summed E-state index contributed by atoms with van der Waals surface area (Å²) in [7, 11) is 1.52. The van der Waals surface area contributed by atoms with Crippen LogP contribution in [0.15, 0.2) is 59.6 Å². The summed E-state index contributed by atoms with van der Waals surface area (Å²) in [5.74, 6) is -0.587. The lowest BCUT2D eigenvalue weighted by Gasteiger charge is -2.08. The highest BCUT2D eigenvalue weighted by atomic mass is 32.1. The molecule has 4 N–H and O–H groups in total. The zero-order chi connectivity index (χ0) is 22.5. The lowest BCUT2D eigenvalue weighted by Crippen LogP contribution is -1.97. The third-order valence-electron chi connectivity index (χ3n) is 4.32. The molecule has 0 saturated heterocycles. The van der Waals surface area contributed by atoms with Gasteiger partial charge in [-0.1, -0.05) is 6.07 Å². The molecule has 4 rings (SSSR count). The molecule has 2 aromatic heterocycles. The average molecular weight is 440 g/mol. The van der Waals surface area contributed by atoms with Crippen molar-refractivity contribution in [2.75, 3.05) is 18.6 Å². The second kappa shape index (κ2) is 9.40. The molecule has 0 spiro atoms. The molecule has 2 aromatic carbocycles. The van der Waals surface area contributed by atoms with Gasteiger partial charge in [0, 0.05) is 28.1 Å². The second-order valence-electron chi connectivity index (χ2n) is 6.41. The van der Waals surface area contributed by atoms with E-state index in [4.69, 9.17) is 16.2 Å². The lowest BCUT2D eigenvalue weighted by atomic mass is 10.0. The Morgan fingerprint density at radius 2 is 1.81 bits per heavy atom. The van der Waals surface area contributed by atoms with Crippen LogP contribution in [0.1, 0.15) is 10.4 Å². The van der Waals surface area contributed by atoms with Crippen LogP contribution in [0.3, 0.4) is 0 Å². The molecule has 0 aliphatic carbocycles. The lowest BCUT2D eigenvalue weighted by molar-refractivity contribution is 0.112. The minimum Gasteiger partial charge on any atom is -0.480 e. The molecule has 4 aromatic rings. The van der Waals surface area contributed by atoms with E-state index in [0.717, 1.165) is 34.2 Å². The van der Waals surface area contributed by atoms with Gasteiger partial charge in [-0.05, 0) is 42.0 Å². The van der Waals surface area contributed by atoms with Crippen LogP contribution in [0.2, 0.25) is 0 Å². The summed E-state index contributed by atoms with van der Waals surface area (Å²) in [6.07, 6.45) is 2.38. The fourth-order valence-corrected chi connectivity index (χ4v) is 2.90. The van der Waals surface area contributed by atoms with Crippen molar-refractivity contribution in [1.29, 1.82) is 0 Å². The molecule has 6 nitrogen and oxygen atoms in total. The summed E-state index contributed by atoms with van der Waals surface area (Å²) in [6.45, 7) is 0. The van der Waals surface area contributed by atoms with Crippen LogP contribution in [0.4, 0.5) is 20.3 Å². The largest absolute Gasteiger partial charge is 0.480 e. The van der Waals surface area contributed by atoms with Crippen LogP contribution in [0, 0.1) is 11.6 Å². The van der Waals surface area contributed by atoms with Gasteiger partial charge in [-0.3, -0.25) is 4.79 Å². The number of hydrogen-bond acceptors (Lipinski definition) is 7. The third-order valence-corrected chi connectivity index (χ3v) is 4.68. The van der Waals surface area contributed by atoms with E-state index in [1.807, 2.05) is 18.2 Å². The number of aldehydes is 1. The minimum atomic E-state index is -0.627. The first kappa shape index (κ1) is 22.0. The van der Waals surface area contributed by atoms with Crippen LogP contribution >= 0.6 is 12.6 Å². The highest BCUT2D eigenvalue weighted by Gasteiger charge is 2.08. The van der Waals surface area contributed by atoms with Crippen LogP contribution < -0.4 is 16.2 Å². The molecule has 2 heterocycles. The van der Waals surface area contributed by atoms with E-state index < -0.39 is 11.6 Å². The highest BCUT2D eigenvalue weighted by Crippen LogP contribution is 2.28. The van der Waals surface area contributed by atoms with Crippen molar-refractivity contribution in [2.24, 2.45) is 0 Å². The number of pyridine rings is 2. The standard InChI is InChI=1S/C16H14N4O2.C6H4F2S/c1-22-16-13(17)6-11(7-19-16)9-2-3-14-10(4-9)5-12(8-21)15(18)20-14;7-4-1-2-6(9)5(8)3-4/h2-8H,17H2,1H3,(H2,18,20);1-3,9H. The molecule has 0 aliphatic rings. The average Bonchev–Trinajstić information content (AvgIpc) is 2.76.